The molecular weight excluding hydrogens is 426 g/mol. The van der Waals surface area contributed by atoms with Crippen LogP contribution >= 0.6 is 12.4 Å². The average Bonchev–Trinajstić information content (AvgIpc) is 2.78. The van der Waals surface area contributed by atoms with Crippen molar-refractivity contribution in [2.75, 3.05) is 14.1 Å². The molecule has 200 valence electrons. The van der Waals surface area contributed by atoms with Crippen molar-refractivity contribution in [1.29, 1.82) is 0 Å². The zero-order valence-electron chi connectivity index (χ0n) is 23.1. The van der Waals surface area contributed by atoms with E-state index in [2.05, 4.69) is 25.9 Å². The summed E-state index contributed by atoms with van der Waals surface area (Å²) in [5, 5.41) is 10.6. The van der Waals surface area contributed by atoms with Gasteiger partial charge in [0.2, 0.25) is 0 Å². The van der Waals surface area contributed by atoms with E-state index in [4.69, 9.17) is 0 Å². The second-order valence-corrected chi connectivity index (χ2v) is 11.3. The lowest BCUT2D eigenvalue weighted by Crippen LogP contribution is -2.48. The van der Waals surface area contributed by atoms with Gasteiger partial charge in [0.25, 0.3) is 0 Å². The molecule has 1 atom stereocenters. The maximum Gasteiger partial charge on any atom is 0.0557 e. The number of unbranched alkanes of at least 4 members (excludes halogenated alkanes) is 17. The number of rotatable bonds is 22. The molecule has 1 saturated carbocycles. The van der Waals surface area contributed by atoms with Crippen LogP contribution < -0.4 is 0 Å². The highest BCUT2D eigenvalue weighted by Gasteiger charge is 2.35. The number of hydrogen-bond acceptors (Lipinski definition) is 2. The molecule has 0 saturated heterocycles. The monoisotopic (exact) mass is 487 g/mol. The third-order valence-corrected chi connectivity index (χ3v) is 8.24. The van der Waals surface area contributed by atoms with Crippen molar-refractivity contribution in [3.63, 3.8) is 0 Å². The molecule has 1 fully saturated rings. The van der Waals surface area contributed by atoms with Crippen LogP contribution in [0, 0.1) is 0 Å². The Bertz CT molecular complexity index is 395. The van der Waals surface area contributed by atoms with Gasteiger partial charge < -0.3 is 10.0 Å². The summed E-state index contributed by atoms with van der Waals surface area (Å²) in [6.07, 6.45) is 34.1. The predicted octanol–water partition coefficient (Wildman–Crippen LogP) is 9.86. The topological polar surface area (TPSA) is 23.5 Å². The largest absolute Gasteiger partial charge is 0.393 e. The van der Waals surface area contributed by atoms with Crippen LogP contribution in [0.1, 0.15) is 167 Å². The molecule has 33 heavy (non-hydrogen) atoms. The first kappa shape index (κ1) is 33.2. The van der Waals surface area contributed by atoms with Crippen molar-refractivity contribution in [2.45, 2.75) is 179 Å². The molecule has 1 N–H and O–H groups in total. The summed E-state index contributed by atoms with van der Waals surface area (Å²) < 4.78 is 0. The Balaban J connectivity index is 0.0000102. The number of halogens is 1. The van der Waals surface area contributed by atoms with Crippen LogP contribution in [-0.4, -0.2) is 35.7 Å². The highest BCUT2D eigenvalue weighted by molar-refractivity contribution is 5.85. The molecule has 0 heterocycles. The minimum absolute atomic E-state index is 0. The van der Waals surface area contributed by atoms with Gasteiger partial charge in [0.1, 0.15) is 0 Å². The highest BCUT2D eigenvalue weighted by Crippen LogP contribution is 2.36. The second-order valence-electron chi connectivity index (χ2n) is 11.3. The van der Waals surface area contributed by atoms with E-state index in [1.54, 1.807) is 0 Å². The molecule has 1 aliphatic carbocycles. The molecule has 0 aliphatic heterocycles. The molecule has 1 unspecified atom stereocenters. The average molecular weight is 488 g/mol. The van der Waals surface area contributed by atoms with Gasteiger partial charge in [-0.15, -0.1) is 12.4 Å². The summed E-state index contributed by atoms with van der Waals surface area (Å²) in [7, 11) is 4.43. The lowest BCUT2D eigenvalue weighted by atomic mass is 9.76. The summed E-state index contributed by atoms with van der Waals surface area (Å²) in [5.74, 6) is 0. The van der Waals surface area contributed by atoms with Crippen molar-refractivity contribution in [2.24, 2.45) is 0 Å². The SMILES string of the molecule is CCCCCCCCCCCCCCCCCCCCC(O)CC1(N(C)C)CCCCC1.Cl. The summed E-state index contributed by atoms with van der Waals surface area (Å²) in [6, 6.07) is 0. The Morgan fingerprint density at radius 2 is 0.970 bits per heavy atom. The fraction of sp³-hybridized carbons (Fsp3) is 1.00. The standard InChI is InChI=1S/C30H61NO.ClH/c1-4-5-6-7-8-9-10-11-12-13-14-15-16-17-18-19-20-22-25-29(32)28-30(31(2)3)26-23-21-24-27-30;/h29,32H,4-28H2,1-3H3;1H. The Morgan fingerprint density at radius 3 is 1.33 bits per heavy atom. The van der Waals surface area contributed by atoms with Crippen molar-refractivity contribution in [1.82, 2.24) is 4.90 Å². The zero-order chi connectivity index (χ0) is 23.3. The Labute approximate surface area is 215 Å². The van der Waals surface area contributed by atoms with Gasteiger partial charge in [0, 0.05) is 5.54 Å². The van der Waals surface area contributed by atoms with E-state index < -0.39 is 0 Å². The molecular formula is C30H62ClNO. The smallest absolute Gasteiger partial charge is 0.0557 e. The van der Waals surface area contributed by atoms with Crippen molar-refractivity contribution in [3.8, 4) is 0 Å². The first-order valence-electron chi connectivity index (χ1n) is 15.0. The van der Waals surface area contributed by atoms with Crippen LogP contribution in [-0.2, 0) is 0 Å². The minimum Gasteiger partial charge on any atom is -0.393 e. The lowest BCUT2D eigenvalue weighted by molar-refractivity contribution is 0.0290. The lowest BCUT2D eigenvalue weighted by Gasteiger charge is -2.44. The number of aliphatic hydroxyl groups excluding tert-OH is 1. The molecule has 1 aliphatic rings. The molecule has 0 aromatic rings. The summed E-state index contributed by atoms with van der Waals surface area (Å²) in [6.45, 7) is 2.30. The van der Waals surface area contributed by atoms with Crippen molar-refractivity contribution >= 4 is 12.4 Å². The minimum atomic E-state index is -0.100. The summed E-state index contributed by atoms with van der Waals surface area (Å²) in [5.41, 5.74) is 0.270. The van der Waals surface area contributed by atoms with E-state index in [0.717, 1.165) is 12.8 Å². The number of aliphatic hydroxyl groups is 1. The van der Waals surface area contributed by atoms with Crippen molar-refractivity contribution in [3.05, 3.63) is 0 Å². The maximum atomic E-state index is 10.6. The van der Waals surface area contributed by atoms with E-state index >= 15 is 0 Å². The molecule has 3 heteroatoms. The van der Waals surface area contributed by atoms with E-state index in [9.17, 15) is 5.11 Å². The van der Waals surface area contributed by atoms with Gasteiger partial charge in [-0.3, -0.25) is 0 Å². The van der Waals surface area contributed by atoms with E-state index in [-0.39, 0.29) is 24.0 Å². The fourth-order valence-corrected chi connectivity index (χ4v) is 5.87. The Hall–Kier alpha value is 0.210. The van der Waals surface area contributed by atoms with Crippen molar-refractivity contribution < 1.29 is 5.11 Å². The maximum absolute atomic E-state index is 10.6. The van der Waals surface area contributed by atoms with Crippen LogP contribution in [0.5, 0.6) is 0 Å². The van der Waals surface area contributed by atoms with Crippen LogP contribution in [0.2, 0.25) is 0 Å². The molecule has 0 aromatic carbocycles. The van der Waals surface area contributed by atoms with Crippen LogP contribution in [0.25, 0.3) is 0 Å². The van der Waals surface area contributed by atoms with Crippen LogP contribution in [0.3, 0.4) is 0 Å². The molecule has 1 rings (SSSR count). The summed E-state index contributed by atoms with van der Waals surface area (Å²) >= 11 is 0. The van der Waals surface area contributed by atoms with Gasteiger partial charge in [-0.25, -0.2) is 0 Å². The summed E-state index contributed by atoms with van der Waals surface area (Å²) in [4.78, 5) is 2.41. The second kappa shape index (κ2) is 22.7. The Morgan fingerprint density at radius 1 is 0.606 bits per heavy atom. The van der Waals surface area contributed by atoms with Gasteiger partial charge in [0.15, 0.2) is 0 Å². The Kier molecular flexibility index (Phi) is 22.8. The van der Waals surface area contributed by atoms with Crippen LogP contribution in [0.15, 0.2) is 0 Å². The zero-order valence-corrected chi connectivity index (χ0v) is 23.9. The number of hydrogen-bond donors (Lipinski definition) is 1. The first-order chi connectivity index (χ1) is 15.6. The quantitative estimate of drug-likeness (QED) is 0.153. The number of nitrogens with zero attached hydrogens (tertiary/aromatic N) is 1. The third-order valence-electron chi connectivity index (χ3n) is 8.24. The van der Waals surface area contributed by atoms with E-state index in [1.807, 2.05) is 0 Å². The van der Waals surface area contributed by atoms with Crippen LogP contribution in [0.4, 0.5) is 0 Å². The molecule has 0 spiro atoms. The highest BCUT2D eigenvalue weighted by atomic mass is 35.5. The van der Waals surface area contributed by atoms with Gasteiger partial charge >= 0.3 is 0 Å². The molecule has 0 radical (unpaired) electrons. The van der Waals surface area contributed by atoms with E-state index in [1.165, 1.54) is 148 Å². The fourth-order valence-electron chi connectivity index (χ4n) is 5.87. The van der Waals surface area contributed by atoms with Gasteiger partial charge in [-0.05, 0) is 39.8 Å². The first-order valence-corrected chi connectivity index (χ1v) is 15.0. The predicted molar refractivity (Wildman–Crippen MR) is 151 cm³/mol. The van der Waals surface area contributed by atoms with E-state index in [0.29, 0.717) is 0 Å². The normalized spacial score (nSPS) is 16.6. The molecule has 0 aromatic heterocycles. The van der Waals surface area contributed by atoms with Gasteiger partial charge in [-0.1, -0.05) is 142 Å². The van der Waals surface area contributed by atoms with Gasteiger partial charge in [-0.2, -0.15) is 0 Å². The molecule has 0 amide bonds. The molecule has 0 bridgehead atoms. The van der Waals surface area contributed by atoms with Gasteiger partial charge in [0.05, 0.1) is 6.10 Å². The third kappa shape index (κ3) is 17.3. The molecule has 2 nitrogen and oxygen atoms in total.